The van der Waals surface area contributed by atoms with Crippen molar-refractivity contribution in [2.75, 3.05) is 52.5 Å². The molecule has 0 spiro atoms. The van der Waals surface area contributed by atoms with E-state index in [0.717, 1.165) is 13.2 Å². The molecule has 308 valence electrons. The van der Waals surface area contributed by atoms with Crippen molar-refractivity contribution in [2.24, 2.45) is 0 Å². The molecule has 0 unspecified atom stereocenters. The average Bonchev–Trinajstić information content (AvgIpc) is 3.15. The van der Waals surface area contributed by atoms with Crippen molar-refractivity contribution in [2.45, 2.75) is 259 Å². The maximum Gasteiger partial charge on any atom is 0.0466 e. The molecule has 0 aliphatic rings. The molecule has 0 atom stereocenters. The number of hydrogen-bond donors (Lipinski definition) is 0. The Hall–Kier alpha value is -0.120. The molecule has 0 fully saturated rings. The Labute approximate surface area is 325 Å². The van der Waals surface area contributed by atoms with E-state index < -0.39 is 0 Å². The molecule has 0 saturated heterocycles. The van der Waals surface area contributed by atoms with Crippen LogP contribution >= 0.6 is 0 Å². The minimum absolute atomic E-state index is 0.994. The zero-order valence-corrected chi connectivity index (χ0v) is 36.4. The third-order valence-electron chi connectivity index (χ3n) is 11.8. The lowest BCUT2D eigenvalue weighted by atomic mass is 10.0. The molecule has 0 aromatic carbocycles. The largest absolute Gasteiger partial charge is 0.381 e. The van der Waals surface area contributed by atoms with Gasteiger partial charge in [0.2, 0.25) is 0 Å². The van der Waals surface area contributed by atoms with Crippen molar-refractivity contribution in [3.8, 4) is 0 Å². The molecule has 0 N–H and O–H groups in total. The van der Waals surface area contributed by atoms with Crippen LogP contribution in [-0.2, 0) is 4.74 Å². The van der Waals surface area contributed by atoms with Crippen LogP contribution in [0.15, 0.2) is 0 Å². The first-order valence-electron chi connectivity index (χ1n) is 24.3. The monoisotopic (exact) mass is 721 g/mol. The summed E-state index contributed by atoms with van der Waals surface area (Å²) in [7, 11) is 0. The molecule has 0 aromatic heterocycles. The molecule has 0 aromatic rings. The molecule has 0 bridgehead atoms. The summed E-state index contributed by atoms with van der Waals surface area (Å²) < 4.78 is 5.93. The van der Waals surface area contributed by atoms with Crippen LogP contribution in [0, 0.1) is 0 Å². The molecule has 0 aliphatic carbocycles. The predicted octanol–water partition coefficient (Wildman–Crippen LogP) is 15.7. The van der Waals surface area contributed by atoms with E-state index >= 15 is 0 Å². The summed E-state index contributed by atoms with van der Waals surface area (Å²) in [5.41, 5.74) is 0. The fourth-order valence-electron chi connectivity index (χ4n) is 7.92. The Morgan fingerprint density at radius 2 is 0.373 bits per heavy atom. The second kappa shape index (κ2) is 46.0. The van der Waals surface area contributed by atoms with Gasteiger partial charge in [-0.15, -0.1) is 0 Å². The third-order valence-corrected chi connectivity index (χ3v) is 11.8. The van der Waals surface area contributed by atoms with Gasteiger partial charge < -0.3 is 14.5 Å². The standard InChI is InChI=1S/C48H100N2O/c1-5-49(6-2)45-41-37-33-29-25-21-17-13-9-11-15-19-23-27-31-35-39-43-47-51-48-44-40-36-32-28-24-20-16-12-10-14-18-22-26-30-34-38-42-46-50(7-3)8-4/h5-48H2,1-4H3. The highest BCUT2D eigenvalue weighted by Gasteiger charge is 2.01. The van der Waals surface area contributed by atoms with Gasteiger partial charge in [0.1, 0.15) is 0 Å². The minimum atomic E-state index is 0.994. The Morgan fingerprint density at radius 1 is 0.216 bits per heavy atom. The van der Waals surface area contributed by atoms with Crippen LogP contribution in [0.5, 0.6) is 0 Å². The van der Waals surface area contributed by atoms with E-state index in [1.807, 2.05) is 0 Å². The Morgan fingerprint density at radius 3 is 0.549 bits per heavy atom. The third kappa shape index (κ3) is 42.5. The highest BCUT2D eigenvalue weighted by atomic mass is 16.5. The zero-order valence-electron chi connectivity index (χ0n) is 36.4. The van der Waals surface area contributed by atoms with Crippen molar-refractivity contribution < 1.29 is 4.74 Å². The van der Waals surface area contributed by atoms with Gasteiger partial charge in [-0.3, -0.25) is 0 Å². The van der Waals surface area contributed by atoms with E-state index in [4.69, 9.17) is 4.74 Å². The lowest BCUT2D eigenvalue weighted by Crippen LogP contribution is -2.23. The molecule has 0 aliphatic heterocycles. The molecule has 3 heteroatoms. The van der Waals surface area contributed by atoms with E-state index in [9.17, 15) is 0 Å². The maximum atomic E-state index is 5.93. The van der Waals surface area contributed by atoms with E-state index in [1.165, 1.54) is 270 Å². The first kappa shape index (κ1) is 50.9. The maximum absolute atomic E-state index is 5.93. The van der Waals surface area contributed by atoms with Gasteiger partial charge in [-0.25, -0.2) is 0 Å². The normalized spacial score (nSPS) is 11.9. The molecular weight excluding hydrogens is 621 g/mol. The Kier molecular flexibility index (Phi) is 45.9. The molecule has 0 heterocycles. The lowest BCUT2D eigenvalue weighted by Gasteiger charge is -2.17. The molecular formula is C48H100N2O. The quantitative estimate of drug-likeness (QED) is 0.0582. The molecule has 0 saturated carbocycles. The second-order valence-corrected chi connectivity index (χ2v) is 16.4. The number of ether oxygens (including phenoxy) is 1. The minimum Gasteiger partial charge on any atom is -0.381 e. The SMILES string of the molecule is CCN(CC)CCCCCCCCCCCCCCCCCCCCOCCCCCCCCCCCCCCCCCCCCN(CC)CC. The van der Waals surface area contributed by atoms with Crippen LogP contribution in [-0.4, -0.2) is 62.3 Å². The number of hydrogen-bond acceptors (Lipinski definition) is 3. The Bertz CT molecular complexity index is 540. The lowest BCUT2D eigenvalue weighted by molar-refractivity contribution is 0.125. The average molecular weight is 721 g/mol. The first-order valence-corrected chi connectivity index (χ1v) is 24.3. The van der Waals surface area contributed by atoms with Crippen molar-refractivity contribution in [1.29, 1.82) is 0 Å². The van der Waals surface area contributed by atoms with Crippen LogP contribution in [0.3, 0.4) is 0 Å². The zero-order chi connectivity index (χ0) is 37.0. The van der Waals surface area contributed by atoms with Gasteiger partial charge in [0, 0.05) is 13.2 Å². The second-order valence-electron chi connectivity index (χ2n) is 16.4. The van der Waals surface area contributed by atoms with Crippen LogP contribution < -0.4 is 0 Å². The van der Waals surface area contributed by atoms with Gasteiger partial charge in [0.15, 0.2) is 0 Å². The fourth-order valence-corrected chi connectivity index (χ4v) is 7.92. The molecule has 0 rings (SSSR count). The van der Waals surface area contributed by atoms with Crippen LogP contribution in [0.1, 0.15) is 259 Å². The summed E-state index contributed by atoms with van der Waals surface area (Å²) >= 11 is 0. The van der Waals surface area contributed by atoms with Gasteiger partial charge in [0.25, 0.3) is 0 Å². The number of rotatable bonds is 46. The van der Waals surface area contributed by atoms with Crippen LogP contribution in [0.4, 0.5) is 0 Å². The van der Waals surface area contributed by atoms with Gasteiger partial charge in [-0.2, -0.15) is 0 Å². The number of nitrogens with zero attached hydrogens (tertiary/aromatic N) is 2. The number of unbranched alkanes of at least 4 members (excludes halogenated alkanes) is 34. The highest BCUT2D eigenvalue weighted by Crippen LogP contribution is 2.16. The summed E-state index contributed by atoms with van der Waals surface area (Å²) in [4.78, 5) is 5.11. The van der Waals surface area contributed by atoms with E-state index in [1.54, 1.807) is 0 Å². The van der Waals surface area contributed by atoms with E-state index in [0.29, 0.717) is 0 Å². The summed E-state index contributed by atoms with van der Waals surface area (Å²) in [6, 6.07) is 0. The summed E-state index contributed by atoms with van der Waals surface area (Å²) in [6.07, 6.45) is 51.9. The molecule has 51 heavy (non-hydrogen) atoms. The first-order chi connectivity index (χ1) is 25.3. The summed E-state index contributed by atoms with van der Waals surface area (Å²) in [5.74, 6) is 0. The Balaban J connectivity index is 3.08. The van der Waals surface area contributed by atoms with Crippen molar-refractivity contribution >= 4 is 0 Å². The van der Waals surface area contributed by atoms with Gasteiger partial charge in [-0.05, 0) is 65.0 Å². The van der Waals surface area contributed by atoms with E-state index in [2.05, 4.69) is 37.5 Å². The fraction of sp³-hybridized carbons (Fsp3) is 1.00. The van der Waals surface area contributed by atoms with Crippen molar-refractivity contribution in [1.82, 2.24) is 9.80 Å². The predicted molar refractivity (Wildman–Crippen MR) is 233 cm³/mol. The van der Waals surface area contributed by atoms with Gasteiger partial charge in [0.05, 0.1) is 0 Å². The van der Waals surface area contributed by atoms with Crippen LogP contribution in [0.25, 0.3) is 0 Å². The van der Waals surface area contributed by atoms with Crippen LogP contribution in [0.2, 0.25) is 0 Å². The summed E-state index contributed by atoms with van der Waals surface area (Å²) in [6.45, 7) is 18.6. The highest BCUT2D eigenvalue weighted by molar-refractivity contribution is 4.56. The van der Waals surface area contributed by atoms with E-state index in [-0.39, 0.29) is 0 Å². The molecule has 3 nitrogen and oxygen atoms in total. The van der Waals surface area contributed by atoms with Crippen molar-refractivity contribution in [3.63, 3.8) is 0 Å². The topological polar surface area (TPSA) is 15.7 Å². The molecule has 0 amide bonds. The van der Waals surface area contributed by atoms with Crippen molar-refractivity contribution in [3.05, 3.63) is 0 Å². The van der Waals surface area contributed by atoms with Gasteiger partial charge >= 0.3 is 0 Å². The molecule has 0 radical (unpaired) electrons. The smallest absolute Gasteiger partial charge is 0.0466 e. The van der Waals surface area contributed by atoms with Gasteiger partial charge in [-0.1, -0.05) is 233 Å². The summed E-state index contributed by atoms with van der Waals surface area (Å²) in [5, 5.41) is 0.